The number of hydrogen-bond donors (Lipinski definition) is 1. The minimum absolute atomic E-state index is 0.502. The molecule has 2 fully saturated rings. The lowest BCUT2D eigenvalue weighted by Crippen LogP contribution is -2.50. The van der Waals surface area contributed by atoms with Crippen LogP contribution in [0.25, 0.3) is 0 Å². The van der Waals surface area contributed by atoms with Gasteiger partial charge in [0.15, 0.2) is 0 Å². The van der Waals surface area contributed by atoms with Gasteiger partial charge in [-0.2, -0.15) is 0 Å². The second kappa shape index (κ2) is 4.51. The van der Waals surface area contributed by atoms with Crippen LogP contribution >= 0.6 is 0 Å². The first-order valence-electron chi connectivity index (χ1n) is 7.86. The fourth-order valence-corrected chi connectivity index (χ4v) is 4.88. The first-order chi connectivity index (χ1) is 8.10. The Morgan fingerprint density at radius 1 is 0.889 bits per heavy atom. The molecule has 2 saturated carbocycles. The van der Waals surface area contributed by atoms with Crippen LogP contribution in [0.15, 0.2) is 0 Å². The molecule has 0 aromatic rings. The first-order valence-corrected chi connectivity index (χ1v) is 7.86. The molecule has 2 aliphatic carbocycles. The Labute approximate surface area is 114 Å². The van der Waals surface area contributed by atoms with Gasteiger partial charge in [0.1, 0.15) is 0 Å². The maximum absolute atomic E-state index is 4.02. The summed E-state index contributed by atoms with van der Waals surface area (Å²) in [5, 5.41) is 4.02. The molecule has 2 aliphatic rings. The molecule has 1 nitrogen and oxygen atoms in total. The van der Waals surface area contributed by atoms with Crippen LogP contribution in [0.3, 0.4) is 0 Å². The average Bonchev–Trinajstić information content (AvgIpc) is 2.39. The fourth-order valence-electron chi connectivity index (χ4n) is 4.88. The highest BCUT2D eigenvalue weighted by Gasteiger charge is 2.41. The van der Waals surface area contributed by atoms with Crippen LogP contribution in [0.4, 0.5) is 0 Å². The Morgan fingerprint density at radius 2 is 1.44 bits per heavy atom. The van der Waals surface area contributed by atoms with Crippen molar-refractivity contribution >= 4 is 0 Å². The van der Waals surface area contributed by atoms with Gasteiger partial charge in [-0.15, -0.1) is 0 Å². The van der Waals surface area contributed by atoms with E-state index in [9.17, 15) is 0 Å². The highest BCUT2D eigenvalue weighted by molar-refractivity contribution is 4.97. The Hall–Kier alpha value is -0.0400. The lowest BCUT2D eigenvalue weighted by molar-refractivity contribution is 0.0729. The summed E-state index contributed by atoms with van der Waals surface area (Å²) in [6, 6.07) is 1.47. The molecule has 106 valence electrons. The fraction of sp³-hybridized carbons (Fsp3) is 1.00. The van der Waals surface area contributed by atoms with Crippen LogP contribution in [0.1, 0.15) is 80.1 Å². The average molecular weight is 251 g/mol. The zero-order valence-corrected chi connectivity index (χ0v) is 13.4. The molecule has 0 aliphatic heterocycles. The van der Waals surface area contributed by atoms with Crippen molar-refractivity contribution in [3.8, 4) is 0 Å². The Morgan fingerprint density at radius 3 is 1.89 bits per heavy atom. The van der Waals surface area contributed by atoms with Crippen LogP contribution in [-0.4, -0.2) is 12.1 Å². The van der Waals surface area contributed by atoms with Crippen LogP contribution in [0.2, 0.25) is 0 Å². The molecule has 0 spiro atoms. The minimum Gasteiger partial charge on any atom is -0.311 e. The van der Waals surface area contributed by atoms with Crippen LogP contribution in [0.5, 0.6) is 0 Å². The van der Waals surface area contributed by atoms with Gasteiger partial charge in [0.25, 0.3) is 0 Å². The Balaban J connectivity index is 2.01. The third kappa shape index (κ3) is 3.29. The van der Waals surface area contributed by atoms with Crippen LogP contribution < -0.4 is 5.32 Å². The zero-order chi connectivity index (χ0) is 13.6. The summed E-state index contributed by atoms with van der Waals surface area (Å²) >= 11 is 0. The van der Waals surface area contributed by atoms with Crippen molar-refractivity contribution in [1.29, 1.82) is 0 Å². The van der Waals surface area contributed by atoms with Gasteiger partial charge in [-0.3, -0.25) is 0 Å². The lowest BCUT2D eigenvalue weighted by atomic mass is 9.63. The summed E-state index contributed by atoms with van der Waals surface area (Å²) in [7, 11) is 0. The van der Waals surface area contributed by atoms with Crippen molar-refractivity contribution < 1.29 is 0 Å². The van der Waals surface area contributed by atoms with E-state index < -0.39 is 0 Å². The highest BCUT2D eigenvalue weighted by Crippen LogP contribution is 2.47. The van der Waals surface area contributed by atoms with Gasteiger partial charge in [0.2, 0.25) is 0 Å². The summed E-state index contributed by atoms with van der Waals surface area (Å²) in [4.78, 5) is 0. The number of hydrogen-bond acceptors (Lipinski definition) is 1. The molecule has 2 rings (SSSR count). The summed E-state index contributed by atoms with van der Waals surface area (Å²) in [5.41, 5.74) is 1.51. The maximum atomic E-state index is 4.02. The van der Waals surface area contributed by atoms with Gasteiger partial charge in [-0.25, -0.2) is 0 Å². The number of nitrogens with one attached hydrogen (secondary N) is 1. The third-order valence-corrected chi connectivity index (χ3v) is 5.25. The van der Waals surface area contributed by atoms with Crippen molar-refractivity contribution in [3.05, 3.63) is 0 Å². The molecule has 1 N–H and O–H groups in total. The summed E-state index contributed by atoms with van der Waals surface area (Å²) in [5.74, 6) is 0. The predicted molar refractivity (Wildman–Crippen MR) is 79.8 cm³/mol. The molecule has 0 amide bonds. The minimum atomic E-state index is 0.502. The van der Waals surface area contributed by atoms with Crippen molar-refractivity contribution in [2.45, 2.75) is 92.2 Å². The molecule has 0 heterocycles. The van der Waals surface area contributed by atoms with E-state index in [-0.39, 0.29) is 0 Å². The van der Waals surface area contributed by atoms with Gasteiger partial charge in [-0.05, 0) is 48.3 Å². The second-order valence-corrected chi connectivity index (χ2v) is 9.21. The van der Waals surface area contributed by atoms with E-state index in [0.717, 1.165) is 12.1 Å². The molecule has 0 aromatic carbocycles. The summed E-state index contributed by atoms with van der Waals surface area (Å²) < 4.78 is 0. The van der Waals surface area contributed by atoms with Crippen LogP contribution in [0, 0.1) is 16.2 Å². The van der Waals surface area contributed by atoms with Gasteiger partial charge in [0.05, 0.1) is 0 Å². The van der Waals surface area contributed by atoms with Crippen molar-refractivity contribution in [2.75, 3.05) is 0 Å². The van der Waals surface area contributed by atoms with E-state index in [1.54, 1.807) is 0 Å². The van der Waals surface area contributed by atoms with Crippen molar-refractivity contribution in [2.24, 2.45) is 16.2 Å². The molecule has 1 atom stereocenters. The van der Waals surface area contributed by atoms with Gasteiger partial charge in [0, 0.05) is 12.1 Å². The third-order valence-electron chi connectivity index (χ3n) is 5.25. The van der Waals surface area contributed by atoms with Crippen LogP contribution in [-0.2, 0) is 0 Å². The van der Waals surface area contributed by atoms with E-state index in [0.29, 0.717) is 16.2 Å². The molecule has 0 radical (unpaired) electrons. The summed E-state index contributed by atoms with van der Waals surface area (Å²) in [6.07, 6.45) is 8.25. The normalized spacial score (nSPS) is 34.7. The molecule has 0 aromatic heterocycles. The van der Waals surface area contributed by atoms with E-state index in [4.69, 9.17) is 0 Å². The Bertz CT molecular complexity index is 285. The highest BCUT2D eigenvalue weighted by atomic mass is 15.0. The van der Waals surface area contributed by atoms with Gasteiger partial charge < -0.3 is 5.32 Å². The largest absolute Gasteiger partial charge is 0.311 e. The smallest absolute Gasteiger partial charge is 0.0121 e. The molecule has 0 saturated heterocycles. The zero-order valence-electron chi connectivity index (χ0n) is 13.4. The van der Waals surface area contributed by atoms with E-state index >= 15 is 0 Å². The predicted octanol–water partition coefficient (Wildman–Crippen LogP) is 4.76. The SMILES string of the molecule is CC1(C)CC(NC2CCCC2(C)C)CC(C)(C)C1. The van der Waals surface area contributed by atoms with Gasteiger partial charge >= 0.3 is 0 Å². The molecule has 1 unspecified atom stereocenters. The lowest BCUT2D eigenvalue weighted by Gasteiger charge is -2.47. The monoisotopic (exact) mass is 251 g/mol. The molecule has 0 bridgehead atoms. The standard InChI is InChI=1S/C17H33N/c1-15(2)10-13(11-16(3,4)12-15)18-14-8-7-9-17(14,5)6/h13-14,18H,7-12H2,1-6H3. The Kier molecular flexibility index (Phi) is 3.60. The quantitative estimate of drug-likeness (QED) is 0.746. The van der Waals surface area contributed by atoms with Gasteiger partial charge in [-0.1, -0.05) is 48.0 Å². The first kappa shape index (κ1) is 14.4. The van der Waals surface area contributed by atoms with Crippen molar-refractivity contribution in [1.82, 2.24) is 5.32 Å². The van der Waals surface area contributed by atoms with E-state index in [2.05, 4.69) is 46.9 Å². The molecule has 1 heteroatoms. The maximum Gasteiger partial charge on any atom is 0.0121 e. The molecule has 18 heavy (non-hydrogen) atoms. The topological polar surface area (TPSA) is 12.0 Å². The second-order valence-electron chi connectivity index (χ2n) is 9.21. The molecular weight excluding hydrogens is 218 g/mol. The molecular formula is C17H33N. The van der Waals surface area contributed by atoms with Crippen molar-refractivity contribution in [3.63, 3.8) is 0 Å². The number of rotatable bonds is 2. The summed E-state index contributed by atoms with van der Waals surface area (Å²) in [6.45, 7) is 14.7. The van der Waals surface area contributed by atoms with E-state index in [1.807, 2.05) is 0 Å². The van der Waals surface area contributed by atoms with E-state index in [1.165, 1.54) is 38.5 Å².